The highest BCUT2D eigenvalue weighted by Crippen LogP contribution is 2.25. The molecule has 6 nitrogen and oxygen atoms in total. The maximum Gasteiger partial charge on any atom is 0.271 e. The highest BCUT2D eigenvalue weighted by Gasteiger charge is 2.27. The average Bonchev–Trinajstić information content (AvgIpc) is 3.41. The Bertz CT molecular complexity index is 1620. The smallest absolute Gasteiger partial charge is 0.271 e. The predicted molar refractivity (Wildman–Crippen MR) is 147 cm³/mol. The maximum atomic E-state index is 13.8. The molecule has 1 heterocycles. The molecule has 186 valence electrons. The molecule has 5 aromatic rings. The number of hydrogen-bond donors (Lipinski definition) is 1. The molecule has 5 rings (SSSR count). The SMILES string of the molecule is O=C(NCc1ccccc1)c1csc(CN(Cc2ccccc2)S(=O)(=O)c2ccc3ccccc3c2)n1. The lowest BCUT2D eigenvalue weighted by Crippen LogP contribution is -2.30. The van der Waals surface area contributed by atoms with E-state index in [1.165, 1.54) is 15.6 Å². The van der Waals surface area contributed by atoms with Crippen LogP contribution in [-0.4, -0.2) is 23.6 Å². The third-order valence-electron chi connectivity index (χ3n) is 5.95. The number of nitrogens with zero attached hydrogens (tertiary/aromatic N) is 2. The van der Waals surface area contributed by atoms with Gasteiger partial charge >= 0.3 is 0 Å². The standard InChI is InChI=1S/C29H25N3O3S2/c33-29(30-18-22-9-3-1-4-10-22)27-21-36-28(31-27)20-32(19-23-11-5-2-6-12-23)37(34,35)26-16-15-24-13-7-8-14-25(24)17-26/h1-17,21H,18-20H2,(H,30,33). The fraction of sp³-hybridized carbons (Fsp3) is 0.103. The molecule has 0 fully saturated rings. The summed E-state index contributed by atoms with van der Waals surface area (Å²) in [6, 6.07) is 31.9. The van der Waals surface area contributed by atoms with Crippen molar-refractivity contribution in [2.45, 2.75) is 24.5 Å². The summed E-state index contributed by atoms with van der Waals surface area (Å²) in [5.74, 6) is -0.293. The fourth-order valence-electron chi connectivity index (χ4n) is 4.00. The van der Waals surface area contributed by atoms with Crippen LogP contribution >= 0.6 is 11.3 Å². The van der Waals surface area contributed by atoms with E-state index in [2.05, 4.69) is 10.3 Å². The second kappa shape index (κ2) is 11.0. The first kappa shape index (κ1) is 24.8. The molecule has 8 heteroatoms. The quantitative estimate of drug-likeness (QED) is 0.270. The zero-order valence-electron chi connectivity index (χ0n) is 19.9. The van der Waals surface area contributed by atoms with Gasteiger partial charge in [-0.15, -0.1) is 11.3 Å². The van der Waals surface area contributed by atoms with Gasteiger partial charge in [0, 0.05) is 18.5 Å². The van der Waals surface area contributed by atoms with Crippen molar-refractivity contribution in [1.82, 2.24) is 14.6 Å². The van der Waals surface area contributed by atoms with Gasteiger partial charge in [0.15, 0.2) is 0 Å². The maximum absolute atomic E-state index is 13.8. The third kappa shape index (κ3) is 5.94. The molecular formula is C29H25N3O3S2. The number of amides is 1. The van der Waals surface area contributed by atoms with Crippen molar-refractivity contribution in [3.63, 3.8) is 0 Å². The van der Waals surface area contributed by atoms with Crippen LogP contribution in [0.5, 0.6) is 0 Å². The molecule has 4 aromatic carbocycles. The Labute approximate surface area is 220 Å². The number of thiazole rings is 1. The van der Waals surface area contributed by atoms with Crippen LogP contribution in [0.1, 0.15) is 26.6 Å². The van der Waals surface area contributed by atoms with Crippen molar-refractivity contribution >= 4 is 38.0 Å². The van der Waals surface area contributed by atoms with Crippen molar-refractivity contribution in [3.8, 4) is 0 Å². The summed E-state index contributed by atoms with van der Waals surface area (Å²) in [6.45, 7) is 0.634. The second-order valence-electron chi connectivity index (χ2n) is 8.56. The van der Waals surface area contributed by atoms with E-state index in [-0.39, 0.29) is 29.6 Å². The molecule has 0 aliphatic rings. The summed E-state index contributed by atoms with van der Waals surface area (Å²) < 4.78 is 29.0. The van der Waals surface area contributed by atoms with Gasteiger partial charge in [-0.1, -0.05) is 91.0 Å². The van der Waals surface area contributed by atoms with Crippen molar-refractivity contribution in [3.05, 3.63) is 130 Å². The van der Waals surface area contributed by atoms with Crippen LogP contribution in [0.15, 0.2) is 113 Å². The zero-order valence-corrected chi connectivity index (χ0v) is 21.6. The van der Waals surface area contributed by atoms with Gasteiger partial charge in [-0.3, -0.25) is 4.79 Å². The summed E-state index contributed by atoms with van der Waals surface area (Å²) >= 11 is 1.27. The first-order valence-electron chi connectivity index (χ1n) is 11.8. The molecule has 0 unspecified atom stereocenters. The lowest BCUT2D eigenvalue weighted by Gasteiger charge is -2.22. The van der Waals surface area contributed by atoms with Crippen LogP contribution in [0.2, 0.25) is 0 Å². The Balaban J connectivity index is 1.39. The molecule has 1 aromatic heterocycles. The van der Waals surface area contributed by atoms with Gasteiger partial charge in [0.1, 0.15) is 10.7 Å². The Hall–Kier alpha value is -3.85. The summed E-state index contributed by atoms with van der Waals surface area (Å²) in [5.41, 5.74) is 2.13. The van der Waals surface area contributed by atoms with Crippen LogP contribution in [0.4, 0.5) is 0 Å². The number of carbonyl (C=O) groups is 1. The van der Waals surface area contributed by atoms with Crippen molar-refractivity contribution in [1.29, 1.82) is 0 Å². The van der Waals surface area contributed by atoms with E-state index >= 15 is 0 Å². The lowest BCUT2D eigenvalue weighted by atomic mass is 10.1. The summed E-state index contributed by atoms with van der Waals surface area (Å²) in [6.07, 6.45) is 0. The van der Waals surface area contributed by atoms with E-state index < -0.39 is 10.0 Å². The van der Waals surface area contributed by atoms with E-state index in [1.807, 2.05) is 91.0 Å². The minimum absolute atomic E-state index is 0.0562. The Morgan fingerprint density at radius 3 is 2.16 bits per heavy atom. The van der Waals surface area contributed by atoms with Gasteiger partial charge in [0.2, 0.25) is 10.0 Å². The Morgan fingerprint density at radius 2 is 1.43 bits per heavy atom. The number of aromatic nitrogens is 1. The Morgan fingerprint density at radius 1 is 0.784 bits per heavy atom. The minimum atomic E-state index is -3.85. The molecule has 0 atom stereocenters. The molecule has 0 aliphatic heterocycles. The van der Waals surface area contributed by atoms with Crippen LogP contribution in [0.25, 0.3) is 10.8 Å². The number of fused-ring (bicyclic) bond motifs is 1. The zero-order chi connectivity index (χ0) is 25.7. The van der Waals surface area contributed by atoms with Crippen LogP contribution in [0, 0.1) is 0 Å². The fourth-order valence-corrected chi connectivity index (χ4v) is 6.29. The van der Waals surface area contributed by atoms with E-state index in [0.717, 1.165) is 21.9 Å². The van der Waals surface area contributed by atoms with Gasteiger partial charge in [-0.2, -0.15) is 4.31 Å². The third-order valence-corrected chi connectivity index (χ3v) is 8.57. The topological polar surface area (TPSA) is 79.4 Å². The summed E-state index contributed by atoms with van der Waals surface area (Å²) in [4.78, 5) is 17.3. The molecule has 37 heavy (non-hydrogen) atoms. The summed E-state index contributed by atoms with van der Waals surface area (Å²) in [7, 11) is -3.85. The monoisotopic (exact) mass is 527 g/mol. The number of carbonyl (C=O) groups excluding carboxylic acids is 1. The van der Waals surface area contributed by atoms with Crippen molar-refractivity contribution in [2.24, 2.45) is 0 Å². The largest absolute Gasteiger partial charge is 0.347 e. The number of rotatable bonds is 9. The van der Waals surface area contributed by atoms with E-state index in [9.17, 15) is 13.2 Å². The number of nitrogens with one attached hydrogen (secondary N) is 1. The molecule has 0 spiro atoms. The molecule has 0 radical (unpaired) electrons. The number of sulfonamides is 1. The molecule has 0 aliphatic carbocycles. The highest BCUT2D eigenvalue weighted by atomic mass is 32.2. The molecule has 1 N–H and O–H groups in total. The molecule has 0 bridgehead atoms. The van der Waals surface area contributed by atoms with Gasteiger partial charge in [0.05, 0.1) is 11.4 Å². The molecule has 0 saturated carbocycles. The minimum Gasteiger partial charge on any atom is -0.347 e. The van der Waals surface area contributed by atoms with Crippen LogP contribution < -0.4 is 5.32 Å². The molecule has 0 saturated heterocycles. The van der Waals surface area contributed by atoms with E-state index in [4.69, 9.17) is 0 Å². The van der Waals surface area contributed by atoms with Crippen LogP contribution in [0.3, 0.4) is 0 Å². The first-order chi connectivity index (χ1) is 18.0. The van der Waals surface area contributed by atoms with Crippen LogP contribution in [-0.2, 0) is 29.7 Å². The number of benzene rings is 4. The molecule has 1 amide bonds. The summed E-state index contributed by atoms with van der Waals surface area (Å²) in [5, 5.41) is 6.91. The predicted octanol–water partition coefficient (Wildman–Crippen LogP) is 5.62. The average molecular weight is 528 g/mol. The van der Waals surface area contributed by atoms with Gasteiger partial charge in [-0.25, -0.2) is 13.4 Å². The lowest BCUT2D eigenvalue weighted by molar-refractivity contribution is 0.0946. The van der Waals surface area contributed by atoms with Gasteiger partial charge in [0.25, 0.3) is 5.91 Å². The van der Waals surface area contributed by atoms with E-state index in [0.29, 0.717) is 11.6 Å². The van der Waals surface area contributed by atoms with Crippen molar-refractivity contribution < 1.29 is 13.2 Å². The van der Waals surface area contributed by atoms with Crippen molar-refractivity contribution in [2.75, 3.05) is 0 Å². The normalized spacial score (nSPS) is 11.6. The second-order valence-corrected chi connectivity index (χ2v) is 11.4. The van der Waals surface area contributed by atoms with Gasteiger partial charge < -0.3 is 5.32 Å². The highest BCUT2D eigenvalue weighted by molar-refractivity contribution is 7.89. The van der Waals surface area contributed by atoms with Gasteiger partial charge in [-0.05, 0) is 34.0 Å². The first-order valence-corrected chi connectivity index (χ1v) is 14.1. The Kier molecular flexibility index (Phi) is 7.41. The van der Waals surface area contributed by atoms with E-state index in [1.54, 1.807) is 17.5 Å². The number of hydrogen-bond acceptors (Lipinski definition) is 5. The molecular weight excluding hydrogens is 502 g/mol.